The molecule has 0 saturated heterocycles. The second-order valence-electron chi connectivity index (χ2n) is 16.4. The van der Waals surface area contributed by atoms with Crippen molar-refractivity contribution in [3.63, 3.8) is 0 Å². The maximum absolute atomic E-state index is 6.62. The maximum atomic E-state index is 6.62. The minimum Gasteiger partial charge on any atom is -0.457 e. The lowest BCUT2D eigenvalue weighted by Crippen LogP contribution is -2.07. The Labute approximate surface area is 302 Å². The highest BCUT2D eigenvalue weighted by molar-refractivity contribution is 6.09. The van der Waals surface area contributed by atoms with Crippen LogP contribution in [0.1, 0.15) is 76.9 Å². The summed E-state index contributed by atoms with van der Waals surface area (Å²) in [6.07, 6.45) is 6.27. The SMILES string of the molecule is Cc1nn(-c2cccc(Oc3ccc4c5cc(CCC(C)(C)C)ccc5n(-c5cc(CCC(C)(C)C)ccn5)c4c3)c2)c(C)c1-c1ccccc1. The molecule has 0 N–H and O–H groups in total. The van der Waals surface area contributed by atoms with Gasteiger partial charge in [0.1, 0.15) is 17.3 Å². The van der Waals surface area contributed by atoms with Gasteiger partial charge in [-0.2, -0.15) is 5.10 Å². The van der Waals surface area contributed by atoms with Gasteiger partial charge in [-0.1, -0.05) is 84.0 Å². The zero-order chi connectivity index (χ0) is 35.9. The van der Waals surface area contributed by atoms with Gasteiger partial charge >= 0.3 is 0 Å². The van der Waals surface area contributed by atoms with Crippen molar-refractivity contribution in [2.24, 2.45) is 10.8 Å². The summed E-state index contributed by atoms with van der Waals surface area (Å²) < 4.78 is 10.9. The van der Waals surface area contributed by atoms with E-state index in [9.17, 15) is 0 Å². The summed E-state index contributed by atoms with van der Waals surface area (Å²) in [5.41, 5.74) is 10.8. The van der Waals surface area contributed by atoms with Gasteiger partial charge in [0.15, 0.2) is 0 Å². The smallest absolute Gasteiger partial charge is 0.137 e. The van der Waals surface area contributed by atoms with Gasteiger partial charge in [-0.15, -0.1) is 0 Å². The average Bonchev–Trinajstić information content (AvgIpc) is 3.58. The minimum absolute atomic E-state index is 0.266. The molecule has 7 aromatic rings. The van der Waals surface area contributed by atoms with Gasteiger partial charge in [-0.25, -0.2) is 9.67 Å². The molecule has 0 aliphatic heterocycles. The van der Waals surface area contributed by atoms with Gasteiger partial charge in [-0.05, 0) is 116 Å². The van der Waals surface area contributed by atoms with Crippen molar-refractivity contribution < 1.29 is 4.74 Å². The number of nitrogens with zero attached hydrogens (tertiary/aromatic N) is 4. The molecular formula is C46H50N4O. The molecule has 0 fully saturated rings. The molecule has 260 valence electrons. The summed E-state index contributed by atoms with van der Waals surface area (Å²) in [5.74, 6) is 2.47. The lowest BCUT2D eigenvalue weighted by atomic mass is 9.88. The Balaban J connectivity index is 1.28. The van der Waals surface area contributed by atoms with Crippen LogP contribution in [0.2, 0.25) is 0 Å². The third-order valence-corrected chi connectivity index (χ3v) is 9.82. The average molecular weight is 675 g/mol. The van der Waals surface area contributed by atoms with Crippen LogP contribution >= 0.6 is 0 Å². The molecule has 7 rings (SSSR count). The predicted octanol–water partition coefficient (Wildman–Crippen LogP) is 12.4. The summed E-state index contributed by atoms with van der Waals surface area (Å²) in [6.45, 7) is 18.0. The summed E-state index contributed by atoms with van der Waals surface area (Å²) >= 11 is 0. The largest absolute Gasteiger partial charge is 0.457 e. The molecule has 0 bridgehead atoms. The zero-order valence-electron chi connectivity index (χ0n) is 31.4. The van der Waals surface area contributed by atoms with E-state index in [1.165, 1.54) is 27.5 Å². The Morgan fingerprint density at radius 1 is 0.627 bits per heavy atom. The van der Waals surface area contributed by atoms with Crippen LogP contribution in [0.15, 0.2) is 109 Å². The molecule has 4 aromatic carbocycles. The van der Waals surface area contributed by atoms with Crippen molar-refractivity contribution in [2.75, 3.05) is 0 Å². The molecule has 5 nitrogen and oxygen atoms in total. The van der Waals surface area contributed by atoms with Crippen LogP contribution in [0.3, 0.4) is 0 Å². The van der Waals surface area contributed by atoms with Crippen molar-refractivity contribution in [1.82, 2.24) is 19.3 Å². The van der Waals surface area contributed by atoms with E-state index in [0.29, 0.717) is 0 Å². The first-order valence-corrected chi connectivity index (χ1v) is 18.3. The van der Waals surface area contributed by atoms with Crippen molar-refractivity contribution in [3.8, 4) is 34.1 Å². The lowest BCUT2D eigenvalue weighted by molar-refractivity contribution is 0.378. The second kappa shape index (κ2) is 13.5. The van der Waals surface area contributed by atoms with Gasteiger partial charge in [0.25, 0.3) is 0 Å². The number of benzene rings is 4. The van der Waals surface area contributed by atoms with Crippen molar-refractivity contribution in [2.45, 2.75) is 81.1 Å². The van der Waals surface area contributed by atoms with E-state index in [0.717, 1.165) is 76.7 Å². The first-order chi connectivity index (χ1) is 24.3. The van der Waals surface area contributed by atoms with Gasteiger partial charge in [0.2, 0.25) is 0 Å². The van der Waals surface area contributed by atoms with Crippen LogP contribution in [-0.2, 0) is 12.8 Å². The van der Waals surface area contributed by atoms with E-state index >= 15 is 0 Å². The normalized spacial score (nSPS) is 12.2. The summed E-state index contributed by atoms with van der Waals surface area (Å²) in [6, 6.07) is 36.5. The number of ether oxygens (including phenoxy) is 1. The van der Waals surface area contributed by atoms with Crippen LogP contribution in [0, 0.1) is 24.7 Å². The fourth-order valence-electron chi connectivity index (χ4n) is 7.02. The molecule has 0 atom stereocenters. The van der Waals surface area contributed by atoms with Crippen molar-refractivity contribution in [1.29, 1.82) is 0 Å². The Kier molecular flexibility index (Phi) is 9.09. The molecule has 0 amide bonds. The van der Waals surface area contributed by atoms with E-state index in [-0.39, 0.29) is 10.8 Å². The number of aryl methyl sites for hydroxylation is 3. The Morgan fingerprint density at radius 3 is 2.06 bits per heavy atom. The molecule has 0 spiro atoms. The fourth-order valence-corrected chi connectivity index (χ4v) is 7.02. The van der Waals surface area contributed by atoms with E-state index in [2.05, 4.69) is 145 Å². The third-order valence-electron chi connectivity index (χ3n) is 9.82. The lowest BCUT2D eigenvalue weighted by Gasteiger charge is -2.18. The molecule has 3 heterocycles. The number of hydrogen-bond donors (Lipinski definition) is 0. The molecule has 51 heavy (non-hydrogen) atoms. The van der Waals surface area contributed by atoms with E-state index in [1.54, 1.807) is 0 Å². The first kappa shape index (κ1) is 34.3. The topological polar surface area (TPSA) is 44.9 Å². The van der Waals surface area contributed by atoms with E-state index in [1.807, 2.05) is 29.1 Å². The highest BCUT2D eigenvalue weighted by Gasteiger charge is 2.19. The standard InChI is InChI=1S/C46H50N4O/c1-31-44(35-13-10-9-11-14-35)32(2)50(48-31)36-15-12-16-37(29-36)51-38-18-19-39-40-27-33(21-24-45(3,4)5)17-20-41(40)49(42(39)30-38)43-28-34(23-26-47-43)22-25-46(6,7)8/h9-20,23,26-30H,21-22,24-25H2,1-8H3. The maximum Gasteiger partial charge on any atom is 0.137 e. The number of rotatable bonds is 9. The number of aromatic nitrogens is 4. The third kappa shape index (κ3) is 7.49. The molecule has 5 heteroatoms. The summed E-state index contributed by atoms with van der Waals surface area (Å²) in [7, 11) is 0. The van der Waals surface area contributed by atoms with Gasteiger partial charge < -0.3 is 4.74 Å². The van der Waals surface area contributed by atoms with Crippen LogP contribution in [0.4, 0.5) is 0 Å². The van der Waals surface area contributed by atoms with Crippen LogP contribution in [0.25, 0.3) is 44.4 Å². The Bertz CT molecular complexity index is 2330. The van der Waals surface area contributed by atoms with E-state index in [4.69, 9.17) is 14.8 Å². The Morgan fingerprint density at radius 2 is 1.33 bits per heavy atom. The van der Waals surface area contributed by atoms with Gasteiger partial charge in [0.05, 0.1) is 22.4 Å². The quantitative estimate of drug-likeness (QED) is 0.153. The van der Waals surface area contributed by atoms with E-state index < -0.39 is 0 Å². The fraction of sp³-hybridized carbons (Fsp3) is 0.304. The minimum atomic E-state index is 0.266. The summed E-state index contributed by atoms with van der Waals surface area (Å²) in [4.78, 5) is 4.93. The monoisotopic (exact) mass is 674 g/mol. The van der Waals surface area contributed by atoms with Gasteiger partial charge in [0, 0.05) is 40.4 Å². The van der Waals surface area contributed by atoms with Crippen LogP contribution in [-0.4, -0.2) is 19.3 Å². The molecule has 0 aliphatic carbocycles. The first-order valence-electron chi connectivity index (χ1n) is 18.3. The molecule has 0 aliphatic rings. The summed E-state index contributed by atoms with van der Waals surface area (Å²) in [5, 5.41) is 7.37. The molecule has 0 unspecified atom stereocenters. The van der Waals surface area contributed by atoms with Crippen LogP contribution < -0.4 is 4.74 Å². The highest BCUT2D eigenvalue weighted by atomic mass is 16.5. The predicted molar refractivity (Wildman–Crippen MR) is 213 cm³/mol. The molecule has 0 saturated carbocycles. The molecular weight excluding hydrogens is 625 g/mol. The van der Waals surface area contributed by atoms with Crippen molar-refractivity contribution in [3.05, 3.63) is 132 Å². The van der Waals surface area contributed by atoms with Gasteiger partial charge in [-0.3, -0.25) is 4.57 Å². The zero-order valence-corrected chi connectivity index (χ0v) is 31.4. The molecule has 3 aromatic heterocycles. The van der Waals surface area contributed by atoms with Crippen LogP contribution in [0.5, 0.6) is 11.5 Å². The second-order valence-corrected chi connectivity index (χ2v) is 16.4. The Hall–Kier alpha value is -5.16. The number of fused-ring (bicyclic) bond motifs is 3. The molecule has 0 radical (unpaired) electrons. The van der Waals surface area contributed by atoms with Crippen molar-refractivity contribution >= 4 is 21.8 Å². The highest BCUT2D eigenvalue weighted by Crippen LogP contribution is 2.37. The number of hydrogen-bond acceptors (Lipinski definition) is 3. The number of pyridine rings is 1.